The lowest BCUT2D eigenvalue weighted by atomic mass is 10.2. The highest BCUT2D eigenvalue weighted by Crippen LogP contribution is 2.19. The summed E-state index contributed by atoms with van der Waals surface area (Å²) >= 11 is 1.09. The summed E-state index contributed by atoms with van der Waals surface area (Å²) in [6.45, 7) is 3.01. The third-order valence-electron chi connectivity index (χ3n) is 2.49. The Hall–Kier alpha value is -1.96. The molecule has 0 fully saturated rings. The maximum atomic E-state index is 11.5. The highest BCUT2D eigenvalue weighted by molar-refractivity contribution is 7.99. The van der Waals surface area contributed by atoms with Crippen LogP contribution in [0.15, 0.2) is 15.9 Å². The standard InChI is InChI=1S/C12H16N2O5S/c1-3-7-11(17)9(16)4-10(14-7)20-5-8(12(18)19)13-6(2)15/h4,8,17H,3,5H2,1-2H3,(H,13,15)(H,14,16)(H,18,19)/t8-/m0/s1. The number of pyridine rings is 1. The van der Waals surface area contributed by atoms with E-state index in [1.165, 1.54) is 13.0 Å². The lowest BCUT2D eigenvalue weighted by molar-refractivity contribution is -0.140. The van der Waals surface area contributed by atoms with Crippen LogP contribution in [0.5, 0.6) is 5.75 Å². The van der Waals surface area contributed by atoms with Gasteiger partial charge in [-0.25, -0.2) is 4.79 Å². The number of aromatic nitrogens is 1. The van der Waals surface area contributed by atoms with Gasteiger partial charge in [0.15, 0.2) is 5.75 Å². The van der Waals surface area contributed by atoms with E-state index in [1.54, 1.807) is 6.92 Å². The molecule has 8 heteroatoms. The number of H-pyrrole nitrogens is 1. The van der Waals surface area contributed by atoms with Crippen LogP contribution in [0, 0.1) is 0 Å². The molecule has 1 atom stereocenters. The molecule has 0 bridgehead atoms. The van der Waals surface area contributed by atoms with Gasteiger partial charge in [-0.2, -0.15) is 0 Å². The monoisotopic (exact) mass is 300 g/mol. The Labute approximate surface area is 119 Å². The second-order valence-corrected chi connectivity index (χ2v) is 5.14. The molecule has 1 amide bonds. The van der Waals surface area contributed by atoms with E-state index in [0.29, 0.717) is 17.1 Å². The first kappa shape index (κ1) is 16.1. The molecule has 1 aromatic heterocycles. The van der Waals surface area contributed by atoms with Crippen LogP contribution in [-0.2, 0) is 16.0 Å². The van der Waals surface area contributed by atoms with Crippen molar-refractivity contribution in [3.05, 3.63) is 22.0 Å². The Morgan fingerprint density at radius 2 is 2.15 bits per heavy atom. The Morgan fingerprint density at radius 3 is 2.65 bits per heavy atom. The summed E-state index contributed by atoms with van der Waals surface area (Å²) in [5.41, 5.74) is -0.124. The van der Waals surface area contributed by atoms with Crippen molar-refractivity contribution in [3.63, 3.8) is 0 Å². The number of nitrogens with one attached hydrogen (secondary N) is 2. The molecule has 0 aliphatic carbocycles. The van der Waals surface area contributed by atoms with E-state index in [1.807, 2.05) is 0 Å². The van der Waals surface area contributed by atoms with Crippen molar-refractivity contribution in [1.82, 2.24) is 10.3 Å². The molecule has 0 unspecified atom stereocenters. The van der Waals surface area contributed by atoms with E-state index >= 15 is 0 Å². The lowest BCUT2D eigenvalue weighted by Crippen LogP contribution is -2.41. The fourth-order valence-electron chi connectivity index (χ4n) is 1.51. The number of thioether (sulfide) groups is 1. The van der Waals surface area contributed by atoms with Gasteiger partial charge in [0.2, 0.25) is 11.3 Å². The number of carboxylic acid groups (broad SMARTS) is 1. The number of carbonyl (C=O) groups is 2. The third-order valence-corrected chi connectivity index (χ3v) is 3.52. The minimum Gasteiger partial charge on any atom is -0.503 e. The number of aromatic hydroxyl groups is 1. The van der Waals surface area contributed by atoms with Crippen molar-refractivity contribution in [1.29, 1.82) is 0 Å². The van der Waals surface area contributed by atoms with E-state index in [9.17, 15) is 19.5 Å². The predicted octanol–water partition coefficient (Wildman–Crippen LogP) is 0.324. The first-order chi connectivity index (χ1) is 9.35. The van der Waals surface area contributed by atoms with Crippen LogP contribution in [-0.4, -0.2) is 38.9 Å². The first-order valence-electron chi connectivity index (χ1n) is 5.93. The number of rotatable bonds is 6. The second-order valence-electron chi connectivity index (χ2n) is 4.08. The van der Waals surface area contributed by atoms with Crippen LogP contribution in [0.2, 0.25) is 0 Å². The smallest absolute Gasteiger partial charge is 0.327 e. The molecule has 0 spiro atoms. The number of aliphatic carboxylic acids is 1. The Morgan fingerprint density at radius 1 is 1.50 bits per heavy atom. The van der Waals surface area contributed by atoms with E-state index in [0.717, 1.165) is 11.8 Å². The summed E-state index contributed by atoms with van der Waals surface area (Å²) in [5, 5.41) is 21.2. The lowest BCUT2D eigenvalue weighted by Gasteiger charge is -2.13. The van der Waals surface area contributed by atoms with Gasteiger partial charge in [0.05, 0.1) is 10.7 Å². The fourth-order valence-corrected chi connectivity index (χ4v) is 2.46. The van der Waals surface area contributed by atoms with Crippen LogP contribution in [0.3, 0.4) is 0 Å². The molecule has 20 heavy (non-hydrogen) atoms. The average molecular weight is 300 g/mol. The molecule has 110 valence electrons. The molecule has 0 aliphatic rings. The first-order valence-corrected chi connectivity index (χ1v) is 6.91. The summed E-state index contributed by atoms with van der Waals surface area (Å²) < 4.78 is 0. The van der Waals surface area contributed by atoms with Gasteiger partial charge in [0, 0.05) is 18.7 Å². The van der Waals surface area contributed by atoms with E-state index < -0.39 is 23.3 Å². The zero-order valence-corrected chi connectivity index (χ0v) is 11.9. The molecule has 0 radical (unpaired) electrons. The van der Waals surface area contributed by atoms with Crippen LogP contribution in [0.1, 0.15) is 19.5 Å². The minimum absolute atomic E-state index is 0.0682. The number of hydrogen-bond acceptors (Lipinski definition) is 5. The minimum atomic E-state index is -1.15. The summed E-state index contributed by atoms with van der Waals surface area (Å²) in [4.78, 5) is 36.2. The second kappa shape index (κ2) is 6.99. The average Bonchev–Trinajstić information content (AvgIpc) is 2.37. The van der Waals surface area contributed by atoms with Crippen molar-refractivity contribution >= 4 is 23.6 Å². The van der Waals surface area contributed by atoms with E-state index in [2.05, 4.69) is 10.3 Å². The molecular weight excluding hydrogens is 284 g/mol. The third kappa shape index (κ3) is 4.30. The van der Waals surface area contributed by atoms with Crippen molar-refractivity contribution < 1.29 is 19.8 Å². The number of aryl methyl sites for hydroxylation is 1. The molecule has 0 aromatic carbocycles. The number of aromatic amines is 1. The predicted molar refractivity (Wildman–Crippen MR) is 74.1 cm³/mol. The Bertz CT molecular complexity index is 569. The highest BCUT2D eigenvalue weighted by Gasteiger charge is 2.19. The number of hydrogen-bond donors (Lipinski definition) is 4. The van der Waals surface area contributed by atoms with Gasteiger partial charge in [-0.3, -0.25) is 9.59 Å². The Kier molecular flexibility index (Phi) is 5.63. The normalized spacial score (nSPS) is 11.9. The molecule has 1 aromatic rings. The molecular formula is C12H16N2O5S. The molecule has 7 nitrogen and oxygen atoms in total. The van der Waals surface area contributed by atoms with Crippen molar-refractivity contribution in [2.45, 2.75) is 31.3 Å². The van der Waals surface area contributed by atoms with Crippen molar-refractivity contribution in [3.8, 4) is 5.75 Å². The summed E-state index contributed by atoms with van der Waals surface area (Å²) in [5.74, 6) is -1.84. The number of amides is 1. The van der Waals surface area contributed by atoms with Crippen LogP contribution in [0.4, 0.5) is 0 Å². The molecule has 1 heterocycles. The van der Waals surface area contributed by atoms with Gasteiger partial charge in [-0.05, 0) is 6.42 Å². The van der Waals surface area contributed by atoms with Crippen molar-refractivity contribution in [2.75, 3.05) is 5.75 Å². The summed E-state index contributed by atoms with van der Waals surface area (Å²) in [6.07, 6.45) is 0.448. The van der Waals surface area contributed by atoms with Crippen LogP contribution in [0.25, 0.3) is 0 Å². The van der Waals surface area contributed by atoms with Crippen LogP contribution >= 0.6 is 11.8 Å². The summed E-state index contributed by atoms with van der Waals surface area (Å²) in [6, 6.07) is 0.158. The molecule has 0 saturated carbocycles. The quantitative estimate of drug-likeness (QED) is 0.562. The maximum absolute atomic E-state index is 11.5. The molecule has 4 N–H and O–H groups in total. The molecule has 1 rings (SSSR count). The summed E-state index contributed by atoms with van der Waals surface area (Å²) in [7, 11) is 0. The van der Waals surface area contributed by atoms with Crippen LogP contribution < -0.4 is 10.7 Å². The van der Waals surface area contributed by atoms with Gasteiger partial charge in [-0.1, -0.05) is 6.92 Å². The SMILES string of the molecule is CCc1[nH]c(SC[C@H](NC(C)=O)C(=O)O)cc(=O)c1O. The topological polar surface area (TPSA) is 119 Å². The Balaban J connectivity index is 2.83. The largest absolute Gasteiger partial charge is 0.503 e. The highest BCUT2D eigenvalue weighted by atomic mass is 32.2. The van der Waals surface area contributed by atoms with Gasteiger partial charge in [-0.15, -0.1) is 11.8 Å². The van der Waals surface area contributed by atoms with E-state index in [4.69, 9.17) is 5.11 Å². The zero-order chi connectivity index (χ0) is 15.3. The zero-order valence-electron chi connectivity index (χ0n) is 11.1. The fraction of sp³-hybridized carbons (Fsp3) is 0.417. The maximum Gasteiger partial charge on any atom is 0.327 e. The van der Waals surface area contributed by atoms with Gasteiger partial charge in [0.1, 0.15) is 6.04 Å². The van der Waals surface area contributed by atoms with Gasteiger partial charge >= 0.3 is 5.97 Å². The molecule has 0 saturated heterocycles. The number of carbonyl (C=O) groups excluding carboxylic acids is 1. The van der Waals surface area contributed by atoms with Gasteiger partial charge < -0.3 is 20.5 Å². The van der Waals surface area contributed by atoms with Gasteiger partial charge in [0.25, 0.3) is 0 Å². The molecule has 0 aliphatic heterocycles. The van der Waals surface area contributed by atoms with E-state index in [-0.39, 0.29) is 11.5 Å². The van der Waals surface area contributed by atoms with Crippen molar-refractivity contribution in [2.24, 2.45) is 0 Å². The number of carboxylic acids is 1.